The van der Waals surface area contributed by atoms with Gasteiger partial charge in [0.25, 0.3) is 0 Å². The molecule has 1 aromatic carbocycles. The fraction of sp³-hybridized carbons (Fsp3) is 0.421. The van der Waals surface area contributed by atoms with Crippen LogP contribution in [-0.4, -0.2) is 41.0 Å². The average molecular weight is 439 g/mol. The molecule has 158 valence electrons. The molecule has 1 aliphatic rings. The van der Waals surface area contributed by atoms with E-state index in [1.165, 1.54) is 24.3 Å². The lowest BCUT2D eigenvalue weighted by Crippen LogP contribution is -2.26. The molecule has 3 rings (SSSR count). The lowest BCUT2D eigenvalue weighted by Gasteiger charge is -2.19. The van der Waals surface area contributed by atoms with E-state index in [9.17, 15) is 16.8 Å². The predicted molar refractivity (Wildman–Crippen MR) is 112 cm³/mol. The number of sulfonamides is 2. The highest BCUT2D eigenvalue weighted by Crippen LogP contribution is 2.23. The van der Waals surface area contributed by atoms with Crippen molar-refractivity contribution in [2.45, 2.75) is 49.1 Å². The van der Waals surface area contributed by atoms with Crippen LogP contribution in [-0.2, 0) is 26.6 Å². The molecule has 0 atom stereocenters. The molecule has 0 saturated heterocycles. The molecule has 0 aliphatic heterocycles. The molecule has 10 heteroatoms. The van der Waals surface area contributed by atoms with Crippen molar-refractivity contribution in [3.63, 3.8) is 0 Å². The van der Waals surface area contributed by atoms with E-state index in [0.717, 1.165) is 37.3 Å². The molecule has 2 aromatic rings. The van der Waals surface area contributed by atoms with Crippen molar-refractivity contribution in [1.82, 2.24) is 14.4 Å². The molecule has 2 N–H and O–H groups in total. The summed E-state index contributed by atoms with van der Waals surface area (Å²) in [5, 5.41) is 0. The monoisotopic (exact) mass is 438 g/mol. The van der Waals surface area contributed by atoms with Gasteiger partial charge >= 0.3 is 0 Å². The molecule has 0 bridgehead atoms. The van der Waals surface area contributed by atoms with E-state index in [0.29, 0.717) is 0 Å². The Morgan fingerprint density at radius 1 is 0.931 bits per heavy atom. The van der Waals surface area contributed by atoms with Crippen LogP contribution >= 0.6 is 0 Å². The van der Waals surface area contributed by atoms with Gasteiger partial charge in [0.1, 0.15) is 5.82 Å². The zero-order chi connectivity index (χ0) is 21.1. The second-order valence-corrected chi connectivity index (χ2v) is 10.4. The van der Waals surface area contributed by atoms with Crippen molar-refractivity contribution in [1.29, 1.82) is 0 Å². The summed E-state index contributed by atoms with van der Waals surface area (Å²) >= 11 is 0. The molecule has 1 aromatic heterocycles. The Morgan fingerprint density at radius 2 is 1.52 bits per heavy atom. The number of hydrogen-bond donors (Lipinski definition) is 2. The largest absolute Gasteiger partial charge is 0.357 e. The van der Waals surface area contributed by atoms with Gasteiger partial charge in [-0.25, -0.2) is 31.3 Å². The Morgan fingerprint density at radius 3 is 2.00 bits per heavy atom. The van der Waals surface area contributed by atoms with Crippen LogP contribution in [0, 0.1) is 0 Å². The Labute approximate surface area is 172 Å². The zero-order valence-electron chi connectivity index (χ0n) is 16.5. The van der Waals surface area contributed by atoms with E-state index in [1.54, 1.807) is 6.20 Å². The molecule has 1 heterocycles. The number of aromatic nitrogens is 1. The van der Waals surface area contributed by atoms with Gasteiger partial charge in [-0.2, -0.15) is 0 Å². The van der Waals surface area contributed by atoms with Gasteiger partial charge in [-0.1, -0.05) is 6.07 Å². The van der Waals surface area contributed by atoms with E-state index in [-0.39, 0.29) is 22.4 Å². The van der Waals surface area contributed by atoms with Crippen LogP contribution in [0.15, 0.2) is 52.4 Å². The van der Waals surface area contributed by atoms with E-state index in [1.807, 2.05) is 26.0 Å². The molecule has 0 unspecified atom stereocenters. The summed E-state index contributed by atoms with van der Waals surface area (Å²) in [4.78, 5) is 6.54. The lowest BCUT2D eigenvalue weighted by molar-refractivity contribution is 0.577. The summed E-state index contributed by atoms with van der Waals surface area (Å²) in [6.07, 6.45) is 3.32. The Hall–Kier alpha value is -2.01. The molecule has 0 amide bonds. The third-order valence-electron chi connectivity index (χ3n) is 4.71. The highest BCUT2D eigenvalue weighted by Gasteiger charge is 2.28. The second-order valence-electron chi connectivity index (χ2n) is 6.89. The normalized spacial score (nSPS) is 14.7. The molecule has 1 aliphatic carbocycles. The van der Waals surface area contributed by atoms with E-state index >= 15 is 0 Å². The van der Waals surface area contributed by atoms with Crippen LogP contribution in [0.5, 0.6) is 0 Å². The van der Waals surface area contributed by atoms with Crippen LogP contribution in [0.2, 0.25) is 0 Å². The van der Waals surface area contributed by atoms with Crippen molar-refractivity contribution in [3.8, 4) is 0 Å². The standard InChI is InChI=1S/C19H26N4O4S2/c1-3-23(4-2)19-12-5-15(13-20-19)14-21-28(24,25)17-8-10-18(11-9-17)29(26,27)22-16-6-7-16/h5,8-13,16,21-22H,3-4,6-7,14H2,1-2H3. The van der Waals surface area contributed by atoms with Crippen LogP contribution < -0.4 is 14.3 Å². The molecule has 0 radical (unpaired) electrons. The van der Waals surface area contributed by atoms with Crippen LogP contribution in [0.3, 0.4) is 0 Å². The molecular weight excluding hydrogens is 412 g/mol. The number of hydrogen-bond acceptors (Lipinski definition) is 6. The van der Waals surface area contributed by atoms with Crippen molar-refractivity contribution in [3.05, 3.63) is 48.2 Å². The quantitative estimate of drug-likeness (QED) is 0.586. The Bertz CT molecular complexity index is 1030. The summed E-state index contributed by atoms with van der Waals surface area (Å²) in [6.45, 7) is 5.88. The van der Waals surface area contributed by atoms with Crippen molar-refractivity contribution in [2.24, 2.45) is 0 Å². The minimum Gasteiger partial charge on any atom is -0.357 e. The van der Waals surface area contributed by atoms with Crippen LogP contribution in [0.25, 0.3) is 0 Å². The van der Waals surface area contributed by atoms with E-state index in [4.69, 9.17) is 0 Å². The number of benzene rings is 1. The number of anilines is 1. The van der Waals surface area contributed by atoms with Gasteiger partial charge in [-0.3, -0.25) is 0 Å². The maximum absolute atomic E-state index is 12.5. The average Bonchev–Trinajstić information content (AvgIpc) is 3.52. The summed E-state index contributed by atoms with van der Waals surface area (Å²) < 4.78 is 54.5. The summed E-state index contributed by atoms with van der Waals surface area (Å²) in [7, 11) is -7.38. The molecule has 1 fully saturated rings. The van der Waals surface area contributed by atoms with E-state index < -0.39 is 20.0 Å². The van der Waals surface area contributed by atoms with Crippen LogP contribution in [0.1, 0.15) is 32.3 Å². The highest BCUT2D eigenvalue weighted by molar-refractivity contribution is 7.90. The lowest BCUT2D eigenvalue weighted by atomic mass is 10.3. The summed E-state index contributed by atoms with van der Waals surface area (Å²) in [6, 6.07) is 8.90. The molecule has 29 heavy (non-hydrogen) atoms. The van der Waals surface area contributed by atoms with Gasteiger partial charge in [-0.05, 0) is 62.6 Å². The minimum atomic E-state index is -3.77. The molecule has 8 nitrogen and oxygen atoms in total. The SMILES string of the molecule is CCN(CC)c1ccc(CNS(=O)(=O)c2ccc(S(=O)(=O)NC3CC3)cc2)cn1. The predicted octanol–water partition coefficient (Wildman–Crippen LogP) is 1.85. The third-order valence-corrected chi connectivity index (χ3v) is 7.66. The van der Waals surface area contributed by atoms with Crippen molar-refractivity contribution in [2.75, 3.05) is 18.0 Å². The van der Waals surface area contributed by atoms with Gasteiger partial charge in [0.05, 0.1) is 9.79 Å². The van der Waals surface area contributed by atoms with Gasteiger partial charge < -0.3 is 4.90 Å². The zero-order valence-corrected chi connectivity index (χ0v) is 18.1. The number of rotatable bonds is 10. The second kappa shape index (κ2) is 8.78. The molecule has 0 spiro atoms. The topological polar surface area (TPSA) is 108 Å². The van der Waals surface area contributed by atoms with Crippen LogP contribution in [0.4, 0.5) is 5.82 Å². The Balaban J connectivity index is 1.65. The first-order valence-corrected chi connectivity index (χ1v) is 12.5. The number of nitrogens with zero attached hydrogens (tertiary/aromatic N) is 2. The van der Waals surface area contributed by atoms with Gasteiger partial charge in [0.15, 0.2) is 0 Å². The van der Waals surface area contributed by atoms with Crippen molar-refractivity contribution < 1.29 is 16.8 Å². The number of nitrogens with one attached hydrogen (secondary N) is 2. The van der Waals surface area contributed by atoms with Gasteiger partial charge in [0.2, 0.25) is 20.0 Å². The fourth-order valence-corrected chi connectivity index (χ4v) is 5.13. The highest BCUT2D eigenvalue weighted by atomic mass is 32.2. The molecule has 1 saturated carbocycles. The summed E-state index contributed by atoms with van der Waals surface area (Å²) in [5.41, 5.74) is 0.734. The Kier molecular flexibility index (Phi) is 6.57. The maximum Gasteiger partial charge on any atom is 0.240 e. The fourth-order valence-electron chi connectivity index (χ4n) is 2.80. The van der Waals surface area contributed by atoms with Crippen molar-refractivity contribution >= 4 is 25.9 Å². The first-order valence-electron chi connectivity index (χ1n) is 9.57. The van der Waals surface area contributed by atoms with Gasteiger partial charge in [-0.15, -0.1) is 0 Å². The third kappa shape index (κ3) is 5.53. The van der Waals surface area contributed by atoms with Gasteiger partial charge in [0, 0.05) is 31.9 Å². The number of pyridine rings is 1. The summed E-state index contributed by atoms with van der Waals surface area (Å²) in [5.74, 6) is 0.846. The van der Waals surface area contributed by atoms with E-state index in [2.05, 4.69) is 19.3 Å². The minimum absolute atomic E-state index is 0.00759. The molecular formula is C19H26N4O4S2. The smallest absolute Gasteiger partial charge is 0.240 e. The first kappa shape index (κ1) is 21.7. The first-order chi connectivity index (χ1) is 13.7. The maximum atomic E-state index is 12.5.